The summed E-state index contributed by atoms with van der Waals surface area (Å²) in [5, 5.41) is 8.60. The fourth-order valence-corrected chi connectivity index (χ4v) is 1.95. The number of H-pyrrole nitrogens is 1. The van der Waals surface area contributed by atoms with Gasteiger partial charge >= 0.3 is 5.97 Å². The van der Waals surface area contributed by atoms with Crippen molar-refractivity contribution in [3.05, 3.63) is 27.9 Å². The number of nitrogens with zero attached hydrogens (tertiary/aromatic N) is 1. The monoisotopic (exact) mass is 212 g/mol. The minimum Gasteiger partial charge on any atom is -0.477 e. The van der Waals surface area contributed by atoms with E-state index in [1.54, 1.807) is 11.8 Å². The van der Waals surface area contributed by atoms with E-state index in [4.69, 9.17) is 5.11 Å². The van der Waals surface area contributed by atoms with Crippen molar-refractivity contribution in [2.75, 3.05) is 11.5 Å². The van der Waals surface area contributed by atoms with Crippen molar-refractivity contribution in [2.45, 2.75) is 5.92 Å². The Hall–Kier alpha value is -1.30. The molecule has 0 aromatic carbocycles. The minimum atomic E-state index is -1.24. The Morgan fingerprint density at radius 3 is 2.79 bits per heavy atom. The van der Waals surface area contributed by atoms with E-state index in [9.17, 15) is 9.59 Å². The summed E-state index contributed by atoms with van der Waals surface area (Å²) < 4.78 is 0. The SMILES string of the molecule is O=C(O)c1cnc(C2CSC2)[nH]c1=O. The van der Waals surface area contributed by atoms with Crippen molar-refractivity contribution in [2.24, 2.45) is 0 Å². The number of aromatic amines is 1. The molecule has 0 saturated carbocycles. The molecule has 1 aliphatic rings. The summed E-state index contributed by atoms with van der Waals surface area (Å²) in [6.07, 6.45) is 1.12. The third-order valence-corrected chi connectivity index (χ3v) is 3.35. The summed E-state index contributed by atoms with van der Waals surface area (Å²) in [4.78, 5) is 28.2. The molecule has 0 unspecified atom stereocenters. The maximum absolute atomic E-state index is 11.2. The van der Waals surface area contributed by atoms with Crippen molar-refractivity contribution in [1.82, 2.24) is 9.97 Å². The number of hydrogen-bond donors (Lipinski definition) is 2. The van der Waals surface area contributed by atoms with E-state index in [1.807, 2.05) is 0 Å². The Labute approximate surface area is 83.6 Å². The minimum absolute atomic E-state index is 0.274. The maximum Gasteiger partial charge on any atom is 0.342 e. The Kier molecular flexibility index (Phi) is 2.28. The van der Waals surface area contributed by atoms with Crippen LogP contribution in [0.2, 0.25) is 0 Å². The van der Waals surface area contributed by atoms with E-state index in [-0.39, 0.29) is 11.5 Å². The first kappa shape index (κ1) is 9.26. The van der Waals surface area contributed by atoms with Gasteiger partial charge in [0.2, 0.25) is 0 Å². The predicted octanol–water partition coefficient (Wildman–Crippen LogP) is 0.298. The van der Waals surface area contributed by atoms with Gasteiger partial charge in [0.1, 0.15) is 11.4 Å². The number of nitrogens with one attached hydrogen (secondary N) is 1. The lowest BCUT2D eigenvalue weighted by Crippen LogP contribution is -2.25. The van der Waals surface area contributed by atoms with E-state index in [2.05, 4.69) is 9.97 Å². The van der Waals surface area contributed by atoms with Crippen LogP contribution in [0.5, 0.6) is 0 Å². The molecule has 1 aromatic rings. The molecule has 0 radical (unpaired) electrons. The number of thioether (sulfide) groups is 1. The van der Waals surface area contributed by atoms with Crippen molar-refractivity contribution in [3.8, 4) is 0 Å². The van der Waals surface area contributed by atoms with Crippen LogP contribution in [0.3, 0.4) is 0 Å². The van der Waals surface area contributed by atoms with Crippen LogP contribution in [0, 0.1) is 0 Å². The Bertz CT molecular complexity index is 425. The van der Waals surface area contributed by atoms with Gasteiger partial charge in [0.05, 0.1) is 0 Å². The van der Waals surface area contributed by atoms with Gasteiger partial charge in [-0.3, -0.25) is 4.79 Å². The highest BCUT2D eigenvalue weighted by molar-refractivity contribution is 8.00. The van der Waals surface area contributed by atoms with E-state index in [0.29, 0.717) is 5.82 Å². The first-order chi connectivity index (χ1) is 6.68. The van der Waals surface area contributed by atoms with Gasteiger partial charge in [-0.05, 0) is 0 Å². The third kappa shape index (κ3) is 1.52. The van der Waals surface area contributed by atoms with Crippen LogP contribution in [0.1, 0.15) is 22.1 Å². The average Bonchev–Trinajstić information content (AvgIpc) is 2.00. The van der Waals surface area contributed by atoms with Gasteiger partial charge in [-0.25, -0.2) is 9.78 Å². The molecule has 2 heterocycles. The van der Waals surface area contributed by atoms with Gasteiger partial charge in [0.15, 0.2) is 0 Å². The van der Waals surface area contributed by atoms with Gasteiger partial charge in [-0.2, -0.15) is 11.8 Å². The first-order valence-electron chi connectivity index (χ1n) is 4.08. The molecule has 1 saturated heterocycles. The van der Waals surface area contributed by atoms with E-state index in [0.717, 1.165) is 17.7 Å². The number of hydrogen-bond acceptors (Lipinski definition) is 4. The molecule has 0 amide bonds. The molecule has 1 fully saturated rings. The fourth-order valence-electron chi connectivity index (χ4n) is 1.16. The van der Waals surface area contributed by atoms with E-state index < -0.39 is 11.5 Å². The normalized spacial score (nSPS) is 16.3. The molecule has 1 aromatic heterocycles. The standard InChI is InChI=1S/C8H8N2O3S/c11-7-5(8(12)13)1-9-6(10-7)4-2-14-3-4/h1,4H,2-3H2,(H,12,13)(H,9,10,11). The van der Waals surface area contributed by atoms with Crippen molar-refractivity contribution >= 4 is 17.7 Å². The van der Waals surface area contributed by atoms with Crippen LogP contribution in [0.15, 0.2) is 11.0 Å². The van der Waals surface area contributed by atoms with Crippen molar-refractivity contribution < 1.29 is 9.90 Å². The molecule has 2 N–H and O–H groups in total. The second-order valence-electron chi connectivity index (χ2n) is 3.05. The summed E-state index contributed by atoms with van der Waals surface area (Å²) in [5.74, 6) is 1.51. The second-order valence-corrected chi connectivity index (χ2v) is 4.13. The lowest BCUT2D eigenvalue weighted by atomic mass is 10.2. The molecule has 0 bridgehead atoms. The van der Waals surface area contributed by atoms with Gasteiger partial charge in [-0.15, -0.1) is 0 Å². The van der Waals surface area contributed by atoms with Crippen LogP contribution < -0.4 is 5.56 Å². The van der Waals surface area contributed by atoms with E-state index >= 15 is 0 Å². The first-order valence-corrected chi connectivity index (χ1v) is 5.24. The molecule has 0 aliphatic carbocycles. The lowest BCUT2D eigenvalue weighted by molar-refractivity contribution is 0.0694. The molecule has 0 spiro atoms. The second kappa shape index (κ2) is 3.45. The number of carbonyl (C=O) groups is 1. The van der Waals surface area contributed by atoms with Gasteiger partial charge in [0.25, 0.3) is 5.56 Å². The zero-order valence-corrected chi connectivity index (χ0v) is 8.00. The fraction of sp³-hybridized carbons (Fsp3) is 0.375. The Morgan fingerprint density at radius 1 is 1.64 bits per heavy atom. The maximum atomic E-state index is 11.2. The topological polar surface area (TPSA) is 83.0 Å². The number of aromatic carboxylic acids is 1. The molecule has 14 heavy (non-hydrogen) atoms. The quantitative estimate of drug-likeness (QED) is 0.736. The molecule has 74 valence electrons. The zero-order chi connectivity index (χ0) is 10.1. The third-order valence-electron chi connectivity index (χ3n) is 2.07. The van der Waals surface area contributed by atoms with Crippen LogP contribution >= 0.6 is 11.8 Å². The van der Waals surface area contributed by atoms with Gasteiger partial charge in [0, 0.05) is 23.6 Å². The molecule has 5 nitrogen and oxygen atoms in total. The van der Waals surface area contributed by atoms with Crippen LogP contribution in [-0.2, 0) is 0 Å². The van der Waals surface area contributed by atoms with Gasteiger partial charge in [-0.1, -0.05) is 0 Å². The number of aromatic nitrogens is 2. The molecule has 0 atom stereocenters. The zero-order valence-electron chi connectivity index (χ0n) is 7.19. The summed E-state index contributed by atoms with van der Waals surface area (Å²) in [6.45, 7) is 0. The summed E-state index contributed by atoms with van der Waals surface area (Å²) in [5.41, 5.74) is -0.875. The van der Waals surface area contributed by atoms with Gasteiger partial charge < -0.3 is 10.1 Å². The molecule has 2 rings (SSSR count). The highest BCUT2D eigenvalue weighted by Gasteiger charge is 2.23. The van der Waals surface area contributed by atoms with E-state index in [1.165, 1.54) is 0 Å². The summed E-state index contributed by atoms with van der Waals surface area (Å²) in [6, 6.07) is 0. The van der Waals surface area contributed by atoms with Crippen LogP contribution in [-0.4, -0.2) is 32.5 Å². The predicted molar refractivity (Wildman–Crippen MR) is 51.9 cm³/mol. The molecule has 6 heteroatoms. The molecular weight excluding hydrogens is 204 g/mol. The van der Waals surface area contributed by atoms with Crippen LogP contribution in [0.25, 0.3) is 0 Å². The summed E-state index contributed by atoms with van der Waals surface area (Å²) in [7, 11) is 0. The van der Waals surface area contributed by atoms with Crippen molar-refractivity contribution in [1.29, 1.82) is 0 Å². The largest absolute Gasteiger partial charge is 0.477 e. The molecular formula is C8H8N2O3S. The Morgan fingerprint density at radius 2 is 2.36 bits per heavy atom. The average molecular weight is 212 g/mol. The lowest BCUT2D eigenvalue weighted by Gasteiger charge is -2.23. The highest BCUT2D eigenvalue weighted by Crippen LogP contribution is 2.31. The number of carboxylic acid groups (broad SMARTS) is 1. The Balaban J connectivity index is 2.35. The van der Waals surface area contributed by atoms with Crippen LogP contribution in [0.4, 0.5) is 0 Å². The molecule has 1 aliphatic heterocycles. The van der Waals surface area contributed by atoms with Crippen molar-refractivity contribution in [3.63, 3.8) is 0 Å². The number of rotatable bonds is 2. The highest BCUT2D eigenvalue weighted by atomic mass is 32.2. The number of carboxylic acids is 1. The summed E-state index contributed by atoms with van der Waals surface area (Å²) >= 11 is 1.78. The smallest absolute Gasteiger partial charge is 0.342 e.